The first-order chi connectivity index (χ1) is 6.73. The van der Waals surface area contributed by atoms with Crippen molar-refractivity contribution in [3.63, 3.8) is 0 Å². The van der Waals surface area contributed by atoms with Crippen LogP contribution in [0.25, 0.3) is 0 Å². The van der Waals surface area contributed by atoms with Crippen LogP contribution in [0.15, 0.2) is 12.1 Å². The molecule has 0 fully saturated rings. The number of nitrogens with zero attached hydrogens (tertiary/aromatic N) is 1. The van der Waals surface area contributed by atoms with Crippen molar-refractivity contribution in [2.75, 3.05) is 0 Å². The number of nitro groups is 1. The van der Waals surface area contributed by atoms with Gasteiger partial charge in [-0.15, -0.1) is 5.46 Å². The van der Waals surface area contributed by atoms with Crippen LogP contribution in [0.5, 0.6) is 0 Å². The Morgan fingerprint density at radius 2 is 1.53 bits per heavy atom. The number of halogens is 5. The van der Waals surface area contributed by atoms with E-state index in [9.17, 15) is 31.8 Å². The maximum absolute atomic E-state index is 12.7. The van der Waals surface area contributed by atoms with Crippen molar-refractivity contribution in [1.82, 2.24) is 0 Å². The molecule has 0 aliphatic carbocycles. The summed E-state index contributed by atoms with van der Waals surface area (Å²) in [6, 6.07) is -0.192. The van der Waals surface area contributed by atoms with Gasteiger partial charge in [-0.3, -0.25) is 10.1 Å². The molecule has 0 aliphatic heterocycles. The van der Waals surface area contributed by atoms with E-state index in [0.29, 0.717) is 0 Å². The van der Waals surface area contributed by atoms with E-state index >= 15 is 0 Å². The van der Waals surface area contributed by atoms with Gasteiger partial charge in [0.1, 0.15) is 0 Å². The highest BCUT2D eigenvalue weighted by Gasteiger charge is 2.30. The van der Waals surface area contributed by atoms with Gasteiger partial charge in [-0.25, -0.2) is 0 Å². The topological polar surface area (TPSA) is 43.1 Å². The predicted octanol–water partition coefficient (Wildman–Crippen LogP) is 1.93. The third-order valence-electron chi connectivity index (χ3n) is 1.60. The zero-order valence-electron chi connectivity index (χ0n) is 6.89. The number of hydrogen-bond donors (Lipinski definition) is 0. The average Bonchev–Trinajstić information content (AvgIpc) is 1.99. The summed E-state index contributed by atoms with van der Waals surface area (Å²) in [6.07, 6.45) is 0. The minimum Gasteiger partial charge on any atom is -0.445 e. The largest absolute Gasteiger partial charge is 0.509 e. The molecule has 0 saturated carbocycles. The first-order valence-corrected chi connectivity index (χ1v) is 3.56. The molecule has 0 amide bonds. The van der Waals surface area contributed by atoms with E-state index in [1.165, 1.54) is 0 Å². The first kappa shape index (κ1) is 11.4. The van der Waals surface area contributed by atoms with Crippen molar-refractivity contribution in [2.45, 2.75) is 0 Å². The molecule has 82 valence electrons. The summed E-state index contributed by atoms with van der Waals surface area (Å²) < 4.78 is 61.6. The van der Waals surface area contributed by atoms with Gasteiger partial charge in [0.15, 0.2) is 0 Å². The summed E-state index contributed by atoms with van der Waals surface area (Å²) in [7, 11) is 0. The molecule has 1 aromatic carbocycles. The second kappa shape index (κ2) is 3.48. The van der Waals surface area contributed by atoms with Crippen molar-refractivity contribution in [1.29, 1.82) is 0 Å². The molecule has 1 rings (SSSR count). The lowest BCUT2D eigenvalue weighted by atomic mass is 9.80. The first-order valence-electron chi connectivity index (χ1n) is 3.56. The van der Waals surface area contributed by atoms with Crippen LogP contribution in [0.3, 0.4) is 0 Å². The average molecular weight is 226 g/mol. The van der Waals surface area contributed by atoms with Crippen molar-refractivity contribution in [2.24, 2.45) is 0 Å². The van der Waals surface area contributed by atoms with Gasteiger partial charge >= 0.3 is 12.7 Å². The summed E-state index contributed by atoms with van der Waals surface area (Å²) in [4.78, 5) is 8.63. The van der Waals surface area contributed by atoms with Crippen LogP contribution in [0.2, 0.25) is 0 Å². The Morgan fingerprint density at radius 1 is 1.13 bits per heavy atom. The molecular weight excluding hydrogens is 224 g/mol. The molecule has 0 atom stereocenters. The zero-order valence-corrected chi connectivity index (χ0v) is 6.89. The normalized spacial score (nSPS) is 11.5. The van der Waals surface area contributed by atoms with E-state index < -0.39 is 34.7 Å². The minimum absolute atomic E-state index is 0.0960. The van der Waals surface area contributed by atoms with Crippen molar-refractivity contribution in [3.8, 4) is 0 Å². The predicted molar refractivity (Wildman–Crippen MR) is 41.7 cm³/mol. The number of benzene rings is 1. The highest BCUT2D eigenvalue weighted by molar-refractivity contribution is 6.73. The fraction of sp³-hybridized carbons (Fsp3) is 0. The van der Waals surface area contributed by atoms with E-state index in [2.05, 4.69) is 0 Å². The Balaban J connectivity index is 3.39. The molecule has 0 aliphatic rings. The molecule has 1 aromatic rings. The van der Waals surface area contributed by atoms with Crippen molar-refractivity contribution < 1.29 is 26.7 Å². The van der Waals surface area contributed by atoms with Gasteiger partial charge in [-0.05, 0) is 12.1 Å². The Morgan fingerprint density at radius 3 is 1.80 bits per heavy atom. The fourth-order valence-corrected chi connectivity index (χ4v) is 0.949. The molecule has 0 saturated heterocycles. The van der Waals surface area contributed by atoms with Gasteiger partial charge in [0.05, 0.1) is 4.92 Å². The summed E-state index contributed by atoms with van der Waals surface area (Å²) in [5.41, 5.74) is -3.13. The van der Waals surface area contributed by atoms with Gasteiger partial charge in [-0.1, -0.05) is 0 Å². The van der Waals surface area contributed by atoms with E-state index in [4.69, 9.17) is 0 Å². The fourth-order valence-electron chi connectivity index (χ4n) is 0.949. The summed E-state index contributed by atoms with van der Waals surface area (Å²) >= 11 is 0. The molecule has 0 aromatic heterocycles. The highest BCUT2D eigenvalue weighted by atomic mass is 19.4. The molecular formula is C6H2BF5NO2-. The Bertz CT molecular complexity index is 395. The maximum atomic E-state index is 12.7. The Labute approximate surface area is 79.7 Å². The van der Waals surface area contributed by atoms with E-state index in [0.717, 1.165) is 0 Å². The molecule has 9 heteroatoms. The lowest BCUT2D eigenvalue weighted by Crippen LogP contribution is -2.34. The lowest BCUT2D eigenvalue weighted by molar-refractivity contribution is -0.390. The van der Waals surface area contributed by atoms with E-state index in [-0.39, 0.29) is 12.1 Å². The molecule has 0 bridgehead atoms. The van der Waals surface area contributed by atoms with Crippen LogP contribution in [-0.2, 0) is 0 Å². The lowest BCUT2D eigenvalue weighted by Gasteiger charge is -2.14. The number of nitro benzene ring substituents is 1. The summed E-state index contributed by atoms with van der Waals surface area (Å²) in [5.74, 6) is -3.68. The van der Waals surface area contributed by atoms with E-state index in [1.807, 2.05) is 0 Å². The van der Waals surface area contributed by atoms with Gasteiger partial charge in [0.25, 0.3) is 0 Å². The molecule has 0 radical (unpaired) electrons. The smallest absolute Gasteiger partial charge is 0.445 e. The van der Waals surface area contributed by atoms with Crippen LogP contribution in [0, 0.1) is 21.7 Å². The molecule has 0 unspecified atom stereocenters. The molecule has 0 spiro atoms. The minimum atomic E-state index is -5.58. The van der Waals surface area contributed by atoms with Crippen LogP contribution in [0.4, 0.5) is 27.4 Å². The molecule has 15 heavy (non-hydrogen) atoms. The Hall–Kier alpha value is -1.67. The molecule has 0 N–H and O–H groups in total. The van der Waals surface area contributed by atoms with Crippen LogP contribution in [-0.4, -0.2) is 11.9 Å². The van der Waals surface area contributed by atoms with E-state index in [1.54, 1.807) is 0 Å². The maximum Gasteiger partial charge on any atom is 0.509 e. The van der Waals surface area contributed by atoms with Crippen LogP contribution >= 0.6 is 0 Å². The standard InChI is InChI=1S/C6H2BF5NO2/c8-4-1-3(7(10,11)12)2-5(9)6(4)13(14)15/h1-2H/q-1. The third-order valence-corrected chi connectivity index (χ3v) is 1.60. The summed E-state index contributed by atoms with van der Waals surface area (Å²) in [5, 5.41) is 10.1. The molecule has 0 heterocycles. The summed E-state index contributed by atoms with van der Waals surface area (Å²) in [6.45, 7) is -5.58. The zero-order chi connectivity index (χ0) is 11.8. The van der Waals surface area contributed by atoms with Gasteiger partial charge in [0, 0.05) is 0 Å². The quantitative estimate of drug-likeness (QED) is 0.334. The third kappa shape index (κ3) is 2.22. The Kier molecular flexibility index (Phi) is 2.65. The van der Waals surface area contributed by atoms with Crippen molar-refractivity contribution in [3.05, 3.63) is 33.9 Å². The van der Waals surface area contributed by atoms with Crippen LogP contribution < -0.4 is 5.46 Å². The number of rotatable bonds is 2. The van der Waals surface area contributed by atoms with Gasteiger partial charge < -0.3 is 12.9 Å². The van der Waals surface area contributed by atoms with Crippen LogP contribution in [0.1, 0.15) is 0 Å². The number of hydrogen-bond acceptors (Lipinski definition) is 2. The molecule has 3 nitrogen and oxygen atoms in total. The second-order valence-corrected chi connectivity index (χ2v) is 2.67. The monoisotopic (exact) mass is 226 g/mol. The van der Waals surface area contributed by atoms with Gasteiger partial charge in [-0.2, -0.15) is 8.78 Å². The second-order valence-electron chi connectivity index (χ2n) is 2.67. The highest BCUT2D eigenvalue weighted by Crippen LogP contribution is 2.21. The van der Waals surface area contributed by atoms with Crippen molar-refractivity contribution >= 4 is 18.1 Å². The van der Waals surface area contributed by atoms with Gasteiger partial charge in [0.2, 0.25) is 11.6 Å². The SMILES string of the molecule is O=[N+]([O-])c1c(F)cc([B-](F)(F)F)cc1F.